The number of unbranched alkanes of at least 4 members (excludes halogenated alkanes) is 4. The smallest absolute Gasteiger partial charge is 0.343 e. The van der Waals surface area contributed by atoms with Crippen molar-refractivity contribution in [1.82, 2.24) is 5.43 Å². The zero-order valence-corrected chi connectivity index (χ0v) is 16.6. The van der Waals surface area contributed by atoms with Gasteiger partial charge in [-0.1, -0.05) is 50.3 Å². The van der Waals surface area contributed by atoms with E-state index in [9.17, 15) is 9.59 Å². The second kappa shape index (κ2) is 11.7. The first-order valence-electron chi connectivity index (χ1n) is 9.79. The quantitative estimate of drug-likeness (QED) is 0.207. The Morgan fingerprint density at radius 3 is 2.32 bits per heavy atom. The van der Waals surface area contributed by atoms with Gasteiger partial charge in [-0.2, -0.15) is 5.10 Å². The summed E-state index contributed by atoms with van der Waals surface area (Å²) < 4.78 is 5.36. The van der Waals surface area contributed by atoms with Crippen LogP contribution in [0.15, 0.2) is 53.6 Å². The van der Waals surface area contributed by atoms with Gasteiger partial charge in [0.2, 0.25) is 5.91 Å². The summed E-state index contributed by atoms with van der Waals surface area (Å²) >= 11 is 0. The number of nitrogens with zero attached hydrogens (tertiary/aromatic N) is 1. The summed E-state index contributed by atoms with van der Waals surface area (Å²) in [7, 11) is 0. The van der Waals surface area contributed by atoms with E-state index in [1.165, 1.54) is 19.3 Å². The number of benzene rings is 2. The SMILES string of the molecule is CCCCCCCC(=O)N/N=C\c1ccc(OC(=O)c2ccc(C)cc2)cc1. The number of esters is 1. The van der Waals surface area contributed by atoms with E-state index in [-0.39, 0.29) is 5.91 Å². The molecule has 5 nitrogen and oxygen atoms in total. The van der Waals surface area contributed by atoms with E-state index in [1.54, 1.807) is 42.6 Å². The van der Waals surface area contributed by atoms with Crippen molar-refractivity contribution >= 4 is 18.1 Å². The van der Waals surface area contributed by atoms with E-state index in [1.807, 2.05) is 19.1 Å². The molecule has 1 N–H and O–H groups in total. The molecule has 0 saturated heterocycles. The maximum atomic E-state index is 12.1. The molecule has 1 amide bonds. The molecule has 0 aliphatic rings. The molecule has 0 radical (unpaired) electrons. The average Bonchev–Trinajstić information content (AvgIpc) is 2.69. The molecule has 0 aliphatic heterocycles. The predicted molar refractivity (Wildman–Crippen MR) is 112 cm³/mol. The molecule has 0 aromatic heterocycles. The molecule has 0 heterocycles. The van der Waals surface area contributed by atoms with Crippen LogP contribution in [0.25, 0.3) is 0 Å². The standard InChI is InChI=1S/C23H28N2O3/c1-3-4-5-6-7-8-22(26)25-24-17-19-11-15-21(16-12-19)28-23(27)20-13-9-18(2)10-14-20/h9-17H,3-8H2,1-2H3,(H,25,26)/b24-17-. The Morgan fingerprint density at radius 2 is 1.64 bits per heavy atom. The first-order chi connectivity index (χ1) is 13.6. The summed E-state index contributed by atoms with van der Waals surface area (Å²) in [5.74, 6) is -0.0112. The van der Waals surface area contributed by atoms with Gasteiger partial charge in [-0.05, 0) is 55.3 Å². The maximum Gasteiger partial charge on any atom is 0.343 e. The Morgan fingerprint density at radius 1 is 0.964 bits per heavy atom. The zero-order chi connectivity index (χ0) is 20.2. The zero-order valence-electron chi connectivity index (χ0n) is 16.6. The lowest BCUT2D eigenvalue weighted by Gasteiger charge is -2.05. The Balaban J connectivity index is 1.75. The minimum atomic E-state index is -0.396. The second-order valence-corrected chi connectivity index (χ2v) is 6.78. The molecule has 0 atom stereocenters. The van der Waals surface area contributed by atoms with Crippen molar-refractivity contribution in [2.75, 3.05) is 0 Å². The highest BCUT2D eigenvalue weighted by atomic mass is 16.5. The fourth-order valence-electron chi connectivity index (χ4n) is 2.60. The first kappa shape index (κ1) is 21.4. The lowest BCUT2D eigenvalue weighted by molar-refractivity contribution is -0.121. The van der Waals surface area contributed by atoms with E-state index in [2.05, 4.69) is 17.5 Å². The average molecular weight is 380 g/mol. The number of amides is 1. The third kappa shape index (κ3) is 7.74. The van der Waals surface area contributed by atoms with Gasteiger partial charge in [0.05, 0.1) is 11.8 Å². The lowest BCUT2D eigenvalue weighted by atomic mass is 10.1. The fraction of sp³-hybridized carbons (Fsp3) is 0.348. The third-order valence-electron chi connectivity index (χ3n) is 4.29. The van der Waals surface area contributed by atoms with Gasteiger partial charge in [-0.25, -0.2) is 10.2 Å². The molecule has 0 spiro atoms. The second-order valence-electron chi connectivity index (χ2n) is 6.78. The third-order valence-corrected chi connectivity index (χ3v) is 4.29. The highest BCUT2D eigenvalue weighted by molar-refractivity contribution is 5.91. The monoisotopic (exact) mass is 380 g/mol. The largest absolute Gasteiger partial charge is 0.423 e. The van der Waals surface area contributed by atoms with E-state index in [4.69, 9.17) is 4.74 Å². The van der Waals surface area contributed by atoms with E-state index < -0.39 is 5.97 Å². The molecule has 0 saturated carbocycles. The number of aryl methyl sites for hydroxylation is 1. The van der Waals surface area contributed by atoms with Gasteiger partial charge >= 0.3 is 5.97 Å². The van der Waals surface area contributed by atoms with Crippen molar-refractivity contribution in [2.45, 2.75) is 52.4 Å². The van der Waals surface area contributed by atoms with Crippen molar-refractivity contribution in [1.29, 1.82) is 0 Å². The molecule has 0 bridgehead atoms. The summed E-state index contributed by atoms with van der Waals surface area (Å²) in [6.45, 7) is 4.13. The van der Waals surface area contributed by atoms with Crippen LogP contribution in [0.5, 0.6) is 5.75 Å². The van der Waals surface area contributed by atoms with Crippen LogP contribution in [0.4, 0.5) is 0 Å². The summed E-state index contributed by atoms with van der Waals surface area (Å²) in [6, 6.07) is 14.2. The summed E-state index contributed by atoms with van der Waals surface area (Å²) in [4.78, 5) is 23.8. The minimum Gasteiger partial charge on any atom is -0.423 e. The molecular weight excluding hydrogens is 352 g/mol. The molecule has 2 aromatic rings. The van der Waals surface area contributed by atoms with Crippen LogP contribution in [0.3, 0.4) is 0 Å². The number of nitrogens with one attached hydrogen (secondary N) is 1. The molecule has 2 rings (SSSR count). The van der Waals surface area contributed by atoms with Gasteiger partial charge in [0.15, 0.2) is 0 Å². The van der Waals surface area contributed by atoms with Gasteiger partial charge in [0, 0.05) is 6.42 Å². The number of carbonyl (C=O) groups excluding carboxylic acids is 2. The van der Waals surface area contributed by atoms with Crippen LogP contribution < -0.4 is 10.2 Å². The molecule has 5 heteroatoms. The van der Waals surface area contributed by atoms with Crippen LogP contribution in [0, 0.1) is 6.92 Å². The van der Waals surface area contributed by atoms with E-state index in [0.717, 1.165) is 24.0 Å². The maximum absolute atomic E-state index is 12.1. The molecule has 0 aliphatic carbocycles. The topological polar surface area (TPSA) is 67.8 Å². The van der Waals surface area contributed by atoms with Crippen LogP contribution in [-0.2, 0) is 4.79 Å². The van der Waals surface area contributed by atoms with Gasteiger partial charge in [-0.15, -0.1) is 0 Å². The Hall–Kier alpha value is -2.95. The van der Waals surface area contributed by atoms with Gasteiger partial charge < -0.3 is 4.74 Å². The van der Waals surface area contributed by atoms with Crippen LogP contribution in [0.1, 0.15) is 66.9 Å². The summed E-state index contributed by atoms with van der Waals surface area (Å²) in [6.07, 6.45) is 7.62. The van der Waals surface area contributed by atoms with Gasteiger partial charge in [0.1, 0.15) is 5.75 Å². The lowest BCUT2D eigenvalue weighted by Crippen LogP contribution is -2.16. The highest BCUT2D eigenvalue weighted by Gasteiger charge is 2.08. The van der Waals surface area contributed by atoms with Gasteiger partial charge in [0.25, 0.3) is 0 Å². The predicted octanol–water partition coefficient (Wildman–Crippen LogP) is 5.02. The minimum absolute atomic E-state index is 0.0728. The molecule has 0 fully saturated rings. The van der Waals surface area contributed by atoms with Crippen molar-refractivity contribution < 1.29 is 14.3 Å². The Bertz CT molecular complexity index is 780. The summed E-state index contributed by atoms with van der Waals surface area (Å²) in [5, 5.41) is 3.97. The number of hydrazone groups is 1. The Labute approximate surface area is 166 Å². The normalized spacial score (nSPS) is 10.8. The van der Waals surface area contributed by atoms with Crippen molar-refractivity contribution in [3.05, 3.63) is 65.2 Å². The Kier molecular flexibility index (Phi) is 8.92. The van der Waals surface area contributed by atoms with Crippen LogP contribution >= 0.6 is 0 Å². The molecular formula is C23H28N2O3. The highest BCUT2D eigenvalue weighted by Crippen LogP contribution is 2.14. The number of hydrogen-bond donors (Lipinski definition) is 1. The van der Waals surface area contributed by atoms with Gasteiger partial charge in [-0.3, -0.25) is 4.79 Å². The van der Waals surface area contributed by atoms with Crippen molar-refractivity contribution in [2.24, 2.45) is 5.10 Å². The first-order valence-corrected chi connectivity index (χ1v) is 9.79. The summed E-state index contributed by atoms with van der Waals surface area (Å²) in [5.41, 5.74) is 4.94. The molecule has 28 heavy (non-hydrogen) atoms. The number of ether oxygens (including phenoxy) is 1. The van der Waals surface area contributed by atoms with Crippen molar-refractivity contribution in [3.63, 3.8) is 0 Å². The molecule has 2 aromatic carbocycles. The van der Waals surface area contributed by atoms with E-state index >= 15 is 0 Å². The van der Waals surface area contributed by atoms with Crippen molar-refractivity contribution in [3.8, 4) is 5.75 Å². The number of rotatable bonds is 10. The number of carbonyl (C=O) groups is 2. The molecule has 0 unspecified atom stereocenters. The number of hydrogen-bond acceptors (Lipinski definition) is 4. The fourth-order valence-corrected chi connectivity index (χ4v) is 2.60. The van der Waals surface area contributed by atoms with E-state index in [0.29, 0.717) is 17.7 Å². The van der Waals surface area contributed by atoms with Crippen LogP contribution in [0.2, 0.25) is 0 Å². The van der Waals surface area contributed by atoms with Crippen LogP contribution in [-0.4, -0.2) is 18.1 Å². The molecule has 148 valence electrons.